The molecule has 0 aliphatic carbocycles. The van der Waals surface area contributed by atoms with Gasteiger partial charge < -0.3 is 9.64 Å². The van der Waals surface area contributed by atoms with Crippen molar-refractivity contribution in [3.63, 3.8) is 0 Å². The van der Waals surface area contributed by atoms with Crippen LogP contribution in [0.4, 0.5) is 26.3 Å². The molecule has 0 radical (unpaired) electrons. The van der Waals surface area contributed by atoms with Crippen LogP contribution in [0.2, 0.25) is 0 Å². The van der Waals surface area contributed by atoms with E-state index in [9.17, 15) is 26.3 Å². The van der Waals surface area contributed by atoms with Crippen LogP contribution in [-0.4, -0.2) is 37.9 Å². The van der Waals surface area contributed by atoms with E-state index in [-0.39, 0.29) is 17.5 Å². The third kappa shape index (κ3) is 3.42. The predicted octanol–water partition coefficient (Wildman–Crippen LogP) is 5.62. The summed E-state index contributed by atoms with van der Waals surface area (Å²) in [6.45, 7) is 0.491. The predicted molar refractivity (Wildman–Crippen MR) is 96.3 cm³/mol. The van der Waals surface area contributed by atoms with Crippen LogP contribution in [0, 0.1) is 0 Å². The molecular formula is C21H21F6NO. The van der Waals surface area contributed by atoms with Gasteiger partial charge in [-0.3, -0.25) is 0 Å². The Hall–Kier alpha value is -2.06. The van der Waals surface area contributed by atoms with Gasteiger partial charge in [-0.25, -0.2) is 0 Å². The van der Waals surface area contributed by atoms with Crippen LogP contribution in [0.25, 0.3) is 0 Å². The standard InChI is InChI=1S/C21H21F6NO/c1-28(2)14-8-13-18(15-9-4-3-5-10-15)16-11-6-7-12-17(16)19(29-18,20(22,23)24)21(25,26)27/h3-7,9-12H,8,13-14H2,1-2H3. The monoisotopic (exact) mass is 417 g/mol. The second-order valence-corrected chi connectivity index (χ2v) is 7.42. The van der Waals surface area contributed by atoms with Crippen LogP contribution in [0.5, 0.6) is 0 Å². The van der Waals surface area contributed by atoms with E-state index >= 15 is 0 Å². The molecule has 3 rings (SSSR count). The lowest BCUT2D eigenvalue weighted by Gasteiger charge is -2.38. The van der Waals surface area contributed by atoms with E-state index in [1.807, 2.05) is 4.90 Å². The summed E-state index contributed by atoms with van der Waals surface area (Å²) in [6, 6.07) is 12.6. The minimum Gasteiger partial charge on any atom is -0.337 e. The number of hydrogen-bond donors (Lipinski definition) is 0. The van der Waals surface area contributed by atoms with Gasteiger partial charge in [0.2, 0.25) is 0 Å². The zero-order chi connectivity index (χ0) is 21.5. The van der Waals surface area contributed by atoms with E-state index in [0.717, 1.165) is 6.07 Å². The van der Waals surface area contributed by atoms with Crippen molar-refractivity contribution >= 4 is 0 Å². The second-order valence-electron chi connectivity index (χ2n) is 7.42. The van der Waals surface area contributed by atoms with Crippen molar-refractivity contribution < 1.29 is 31.1 Å². The van der Waals surface area contributed by atoms with E-state index in [1.165, 1.54) is 30.3 Å². The first-order valence-corrected chi connectivity index (χ1v) is 9.09. The molecule has 1 atom stereocenters. The molecule has 2 aromatic carbocycles. The van der Waals surface area contributed by atoms with Gasteiger partial charge in [0.05, 0.1) is 0 Å². The number of rotatable bonds is 5. The van der Waals surface area contributed by atoms with E-state index in [0.29, 0.717) is 13.0 Å². The van der Waals surface area contributed by atoms with Crippen molar-refractivity contribution in [1.29, 1.82) is 0 Å². The van der Waals surface area contributed by atoms with Crippen LogP contribution in [0.15, 0.2) is 54.6 Å². The van der Waals surface area contributed by atoms with Gasteiger partial charge in [0, 0.05) is 5.56 Å². The molecule has 1 unspecified atom stereocenters. The second kappa shape index (κ2) is 7.32. The van der Waals surface area contributed by atoms with E-state index in [4.69, 9.17) is 4.74 Å². The fourth-order valence-corrected chi connectivity index (χ4v) is 3.99. The molecule has 0 amide bonds. The Bertz CT molecular complexity index is 832. The fourth-order valence-electron chi connectivity index (χ4n) is 3.99. The lowest BCUT2D eigenvalue weighted by molar-refractivity contribution is -0.400. The molecule has 0 N–H and O–H groups in total. The Morgan fingerprint density at radius 3 is 1.83 bits per heavy atom. The lowest BCUT2D eigenvalue weighted by Crippen LogP contribution is -2.55. The highest BCUT2D eigenvalue weighted by atomic mass is 19.4. The van der Waals surface area contributed by atoms with Gasteiger partial charge in [0.15, 0.2) is 0 Å². The summed E-state index contributed by atoms with van der Waals surface area (Å²) in [6.07, 6.45) is -11.0. The van der Waals surface area contributed by atoms with E-state index in [2.05, 4.69) is 0 Å². The minimum atomic E-state index is -5.68. The molecule has 1 aliphatic rings. The zero-order valence-corrected chi connectivity index (χ0v) is 15.9. The van der Waals surface area contributed by atoms with Gasteiger partial charge in [0.25, 0.3) is 5.60 Å². The van der Waals surface area contributed by atoms with Crippen molar-refractivity contribution in [2.45, 2.75) is 36.4 Å². The molecular weight excluding hydrogens is 396 g/mol. The molecule has 1 aliphatic heterocycles. The minimum absolute atomic E-state index is 0.0277. The first kappa shape index (κ1) is 21.6. The Morgan fingerprint density at radius 1 is 0.793 bits per heavy atom. The first-order chi connectivity index (χ1) is 13.5. The van der Waals surface area contributed by atoms with Crippen molar-refractivity contribution in [3.8, 4) is 0 Å². The quantitative estimate of drug-likeness (QED) is 0.586. The Kier molecular flexibility index (Phi) is 5.47. The van der Waals surface area contributed by atoms with Crippen LogP contribution in [-0.2, 0) is 15.9 Å². The molecule has 8 heteroatoms. The normalized spacial score (nSPS) is 21.4. The summed E-state index contributed by atoms with van der Waals surface area (Å²) in [7, 11) is 3.57. The van der Waals surface area contributed by atoms with Crippen LogP contribution in [0.3, 0.4) is 0 Å². The van der Waals surface area contributed by atoms with E-state index < -0.39 is 29.1 Å². The average Bonchev–Trinajstić information content (AvgIpc) is 2.95. The Morgan fingerprint density at radius 2 is 1.31 bits per heavy atom. The third-order valence-electron chi connectivity index (χ3n) is 5.24. The maximum absolute atomic E-state index is 14.0. The topological polar surface area (TPSA) is 12.5 Å². The summed E-state index contributed by atoms with van der Waals surface area (Å²) in [5, 5.41) is 0. The maximum Gasteiger partial charge on any atom is 0.430 e. The largest absolute Gasteiger partial charge is 0.430 e. The number of nitrogens with zero attached hydrogens (tertiary/aromatic N) is 1. The van der Waals surface area contributed by atoms with Crippen molar-refractivity contribution in [3.05, 3.63) is 71.3 Å². The maximum atomic E-state index is 14.0. The molecule has 29 heavy (non-hydrogen) atoms. The van der Waals surface area contributed by atoms with Crippen molar-refractivity contribution in [1.82, 2.24) is 4.90 Å². The summed E-state index contributed by atoms with van der Waals surface area (Å²) in [5.74, 6) is 0. The van der Waals surface area contributed by atoms with Gasteiger partial charge in [0.1, 0.15) is 5.60 Å². The summed E-state index contributed by atoms with van der Waals surface area (Å²) >= 11 is 0. The molecule has 0 fully saturated rings. The number of hydrogen-bond acceptors (Lipinski definition) is 2. The third-order valence-corrected chi connectivity index (χ3v) is 5.24. The molecule has 2 nitrogen and oxygen atoms in total. The van der Waals surface area contributed by atoms with Gasteiger partial charge in [-0.2, -0.15) is 26.3 Å². The van der Waals surface area contributed by atoms with Crippen molar-refractivity contribution in [2.24, 2.45) is 0 Å². The number of benzene rings is 2. The highest BCUT2D eigenvalue weighted by molar-refractivity contribution is 5.49. The molecule has 0 saturated heterocycles. The Balaban J connectivity index is 2.28. The summed E-state index contributed by atoms with van der Waals surface area (Å²) in [4.78, 5) is 1.82. The highest BCUT2D eigenvalue weighted by Gasteiger charge is 2.79. The van der Waals surface area contributed by atoms with Gasteiger partial charge >= 0.3 is 12.4 Å². The number of halogens is 6. The number of fused-ring (bicyclic) bond motifs is 1. The van der Waals surface area contributed by atoms with Crippen molar-refractivity contribution in [2.75, 3.05) is 20.6 Å². The molecule has 158 valence electrons. The molecule has 0 saturated carbocycles. The Labute approximate surface area is 165 Å². The molecule has 0 bridgehead atoms. The summed E-state index contributed by atoms with van der Waals surface area (Å²) < 4.78 is 89.5. The smallest absolute Gasteiger partial charge is 0.337 e. The zero-order valence-electron chi connectivity index (χ0n) is 15.9. The van der Waals surface area contributed by atoms with E-state index in [1.54, 1.807) is 32.3 Å². The molecule has 1 heterocycles. The van der Waals surface area contributed by atoms with Gasteiger partial charge in [-0.1, -0.05) is 54.6 Å². The number of ether oxygens (including phenoxy) is 1. The lowest BCUT2D eigenvalue weighted by atomic mass is 9.80. The van der Waals surface area contributed by atoms with Crippen LogP contribution < -0.4 is 0 Å². The summed E-state index contributed by atoms with van der Waals surface area (Å²) in [5.41, 5.74) is -6.97. The highest BCUT2D eigenvalue weighted by Crippen LogP contribution is 2.63. The average molecular weight is 417 g/mol. The number of alkyl halides is 6. The van der Waals surface area contributed by atoms with Crippen LogP contribution in [0.1, 0.15) is 29.5 Å². The first-order valence-electron chi connectivity index (χ1n) is 9.09. The molecule has 0 aromatic heterocycles. The molecule has 0 spiro atoms. The SMILES string of the molecule is CN(C)CCCC1(c2ccccc2)OC(C(F)(F)F)(C(F)(F)F)c2ccccc21. The van der Waals surface area contributed by atoms with Gasteiger partial charge in [-0.05, 0) is 44.6 Å². The van der Waals surface area contributed by atoms with Crippen LogP contribution >= 0.6 is 0 Å². The van der Waals surface area contributed by atoms with Gasteiger partial charge in [-0.15, -0.1) is 0 Å². The molecule has 2 aromatic rings. The fraction of sp³-hybridized carbons (Fsp3) is 0.429.